The lowest BCUT2D eigenvalue weighted by Crippen LogP contribution is -2.25. The summed E-state index contributed by atoms with van der Waals surface area (Å²) in [6.45, 7) is 3.69. The van der Waals surface area contributed by atoms with Crippen LogP contribution >= 0.6 is 15.9 Å². The average Bonchev–Trinajstić information content (AvgIpc) is 2.89. The monoisotopic (exact) mass is 414 g/mol. The molecule has 136 valence electrons. The number of rotatable bonds is 7. The first kappa shape index (κ1) is 19.3. The minimum atomic E-state index is -0.802. The van der Waals surface area contributed by atoms with Crippen LogP contribution in [0.5, 0.6) is 5.75 Å². The number of esters is 2. The third-order valence-electron chi connectivity index (χ3n) is 3.48. The molecule has 1 aromatic carbocycles. The summed E-state index contributed by atoms with van der Waals surface area (Å²) in [5.74, 6) is -0.197. The van der Waals surface area contributed by atoms with Gasteiger partial charge in [-0.15, -0.1) is 0 Å². The van der Waals surface area contributed by atoms with Crippen molar-refractivity contribution in [3.05, 3.63) is 27.9 Å². The number of carbonyl (C=O) groups is 2. The van der Waals surface area contributed by atoms with Crippen molar-refractivity contribution in [3.63, 3.8) is 0 Å². The summed E-state index contributed by atoms with van der Waals surface area (Å²) in [5.41, 5.74) is 0.815. The van der Waals surface area contributed by atoms with E-state index < -0.39 is 18.0 Å². The van der Waals surface area contributed by atoms with Crippen molar-refractivity contribution in [1.82, 2.24) is 0 Å². The molecule has 7 nitrogen and oxygen atoms in total. The molecule has 1 atom stereocenters. The molecule has 0 unspecified atom stereocenters. The summed E-state index contributed by atoms with van der Waals surface area (Å²) in [6.07, 6.45) is -0.802. The fourth-order valence-corrected chi connectivity index (χ4v) is 2.67. The van der Waals surface area contributed by atoms with E-state index in [4.69, 9.17) is 18.6 Å². The molecule has 0 saturated carbocycles. The quantitative estimate of drug-likeness (QED) is 0.507. The van der Waals surface area contributed by atoms with E-state index in [2.05, 4.69) is 20.7 Å². The van der Waals surface area contributed by atoms with Crippen LogP contribution in [0.25, 0.3) is 11.0 Å². The molecule has 1 heterocycles. The van der Waals surface area contributed by atoms with Gasteiger partial charge in [0.05, 0.1) is 18.2 Å². The maximum absolute atomic E-state index is 12.3. The number of hydrogen-bond donors (Lipinski definition) is 0. The molecule has 25 heavy (non-hydrogen) atoms. The number of methoxy groups -OCH3 is 2. The van der Waals surface area contributed by atoms with E-state index in [-0.39, 0.29) is 6.61 Å². The van der Waals surface area contributed by atoms with Gasteiger partial charge in [-0.3, -0.25) is 0 Å². The predicted octanol–water partition coefficient (Wildman–Crippen LogP) is 3.25. The molecule has 2 rings (SSSR count). The van der Waals surface area contributed by atoms with Crippen LogP contribution in [0.2, 0.25) is 0 Å². The van der Waals surface area contributed by atoms with Crippen molar-refractivity contribution in [2.45, 2.75) is 20.0 Å². The normalized spacial score (nSPS) is 12.0. The van der Waals surface area contributed by atoms with Gasteiger partial charge in [0.1, 0.15) is 29.3 Å². The van der Waals surface area contributed by atoms with Crippen LogP contribution in [-0.2, 0) is 19.0 Å². The fourth-order valence-electron chi connectivity index (χ4n) is 2.26. The molecule has 0 N–H and O–H groups in total. The van der Waals surface area contributed by atoms with Gasteiger partial charge in [-0.2, -0.15) is 0 Å². The molecule has 0 aliphatic carbocycles. The van der Waals surface area contributed by atoms with Gasteiger partial charge in [-0.25, -0.2) is 9.59 Å². The van der Waals surface area contributed by atoms with Crippen LogP contribution in [0.1, 0.15) is 23.0 Å². The van der Waals surface area contributed by atoms with Gasteiger partial charge < -0.3 is 23.4 Å². The van der Waals surface area contributed by atoms with Crippen LogP contribution in [-0.4, -0.2) is 45.5 Å². The van der Waals surface area contributed by atoms with Crippen molar-refractivity contribution in [3.8, 4) is 5.75 Å². The Balaban J connectivity index is 2.37. The minimum Gasteiger partial charge on any atom is -0.478 e. The first-order chi connectivity index (χ1) is 11.9. The van der Waals surface area contributed by atoms with Gasteiger partial charge in [-0.1, -0.05) is 0 Å². The number of halogens is 1. The lowest BCUT2D eigenvalue weighted by atomic mass is 10.1. The lowest BCUT2D eigenvalue weighted by Gasteiger charge is -2.13. The van der Waals surface area contributed by atoms with Crippen molar-refractivity contribution < 1.29 is 33.0 Å². The molecular formula is C17H19BrO7. The minimum absolute atomic E-state index is 0.140. The van der Waals surface area contributed by atoms with E-state index in [1.54, 1.807) is 26.0 Å². The van der Waals surface area contributed by atoms with Gasteiger partial charge in [0.2, 0.25) is 0 Å². The second-order valence-corrected chi connectivity index (χ2v) is 6.08. The van der Waals surface area contributed by atoms with E-state index in [9.17, 15) is 9.59 Å². The molecule has 0 saturated heterocycles. The first-order valence-electron chi connectivity index (χ1n) is 7.52. The third-order valence-corrected chi connectivity index (χ3v) is 4.10. The summed E-state index contributed by atoms with van der Waals surface area (Å²) >= 11 is 3.37. The number of furan rings is 1. The van der Waals surface area contributed by atoms with Crippen molar-refractivity contribution in [2.75, 3.05) is 27.4 Å². The third kappa shape index (κ3) is 4.32. The van der Waals surface area contributed by atoms with Crippen molar-refractivity contribution in [2.24, 2.45) is 0 Å². The topological polar surface area (TPSA) is 84.2 Å². The second-order valence-electron chi connectivity index (χ2n) is 5.22. The van der Waals surface area contributed by atoms with Gasteiger partial charge in [0.15, 0.2) is 6.10 Å². The van der Waals surface area contributed by atoms with Gasteiger partial charge in [0.25, 0.3) is 0 Å². The Bertz CT molecular complexity index is 781. The smallest absolute Gasteiger partial charge is 0.346 e. The van der Waals surface area contributed by atoms with Crippen molar-refractivity contribution in [1.29, 1.82) is 0 Å². The predicted molar refractivity (Wildman–Crippen MR) is 92.9 cm³/mol. The molecule has 0 bridgehead atoms. The molecule has 0 amide bonds. The van der Waals surface area contributed by atoms with E-state index in [1.165, 1.54) is 14.2 Å². The highest BCUT2D eigenvalue weighted by Crippen LogP contribution is 2.35. The highest BCUT2D eigenvalue weighted by Gasteiger charge is 2.23. The Hall–Kier alpha value is -2.06. The van der Waals surface area contributed by atoms with E-state index in [0.29, 0.717) is 39.1 Å². The second kappa shape index (κ2) is 8.35. The average molecular weight is 415 g/mol. The zero-order valence-electron chi connectivity index (χ0n) is 14.4. The molecule has 2 aromatic rings. The highest BCUT2D eigenvalue weighted by atomic mass is 79.9. The Kier molecular flexibility index (Phi) is 6.44. The maximum Gasteiger partial charge on any atom is 0.346 e. The Morgan fingerprint density at radius 2 is 1.96 bits per heavy atom. The zero-order chi connectivity index (χ0) is 18.6. The van der Waals surface area contributed by atoms with Crippen molar-refractivity contribution >= 4 is 38.8 Å². The summed E-state index contributed by atoms with van der Waals surface area (Å²) in [7, 11) is 2.81. The number of aryl methyl sites for hydroxylation is 1. The largest absolute Gasteiger partial charge is 0.478 e. The number of benzene rings is 1. The summed E-state index contributed by atoms with van der Waals surface area (Å²) < 4.78 is 26.5. The molecule has 0 aliphatic heterocycles. The van der Waals surface area contributed by atoms with Crippen LogP contribution in [0.4, 0.5) is 0 Å². The number of carbonyl (C=O) groups excluding carboxylic acids is 2. The van der Waals surface area contributed by atoms with E-state index in [0.717, 1.165) is 0 Å². The zero-order valence-corrected chi connectivity index (χ0v) is 16.0. The van der Waals surface area contributed by atoms with Crippen LogP contribution < -0.4 is 4.74 Å². The van der Waals surface area contributed by atoms with E-state index in [1.807, 2.05) is 0 Å². The molecular weight excluding hydrogens is 396 g/mol. The molecule has 0 fully saturated rings. The van der Waals surface area contributed by atoms with Crippen LogP contribution in [0.15, 0.2) is 21.0 Å². The molecule has 0 spiro atoms. The molecule has 0 aliphatic rings. The maximum atomic E-state index is 12.3. The highest BCUT2D eigenvalue weighted by molar-refractivity contribution is 9.10. The van der Waals surface area contributed by atoms with Crippen LogP contribution in [0.3, 0.4) is 0 Å². The Labute approximate surface area is 153 Å². The first-order valence-corrected chi connectivity index (χ1v) is 8.31. The number of fused-ring (bicyclic) bond motifs is 1. The summed E-state index contributed by atoms with van der Waals surface area (Å²) in [4.78, 5) is 23.9. The SMILES string of the molecule is COCCOC(=O)c1c(C)oc2cc(Br)c(O[C@@H](C)C(=O)OC)cc12. The van der Waals surface area contributed by atoms with Crippen LogP contribution in [0, 0.1) is 6.92 Å². The van der Waals surface area contributed by atoms with Gasteiger partial charge in [-0.05, 0) is 41.9 Å². The van der Waals surface area contributed by atoms with Gasteiger partial charge in [0, 0.05) is 12.5 Å². The number of ether oxygens (including phenoxy) is 4. The summed E-state index contributed by atoms with van der Waals surface area (Å²) in [5, 5.41) is 0.537. The summed E-state index contributed by atoms with van der Waals surface area (Å²) in [6, 6.07) is 3.30. The Morgan fingerprint density at radius 3 is 2.60 bits per heavy atom. The number of hydrogen-bond acceptors (Lipinski definition) is 7. The standard InChI is InChI=1S/C17H19BrO7/c1-9-15(17(20)23-6-5-21-3)11-7-14(12(18)8-13(11)24-9)25-10(2)16(19)22-4/h7-8,10H,5-6H2,1-4H3/t10-/m0/s1. The molecule has 8 heteroatoms. The van der Waals surface area contributed by atoms with Gasteiger partial charge >= 0.3 is 11.9 Å². The van der Waals surface area contributed by atoms with E-state index >= 15 is 0 Å². The molecule has 1 aromatic heterocycles. The molecule has 0 radical (unpaired) electrons. The fraction of sp³-hybridized carbons (Fsp3) is 0.412. The Morgan fingerprint density at radius 1 is 1.24 bits per heavy atom. The lowest BCUT2D eigenvalue weighted by molar-refractivity contribution is -0.147.